The van der Waals surface area contributed by atoms with Crippen molar-refractivity contribution in [1.82, 2.24) is 35.3 Å². The maximum absolute atomic E-state index is 12.9. The fourth-order valence-electron chi connectivity index (χ4n) is 5.19. The van der Waals surface area contributed by atoms with E-state index >= 15 is 0 Å². The minimum absolute atomic E-state index is 0.0391. The van der Waals surface area contributed by atoms with Crippen LogP contribution in [0.25, 0.3) is 39.1 Å². The third kappa shape index (κ3) is 4.12. The van der Waals surface area contributed by atoms with Crippen LogP contribution in [0.4, 0.5) is 0 Å². The maximum atomic E-state index is 12.9. The number of nitrogens with one attached hydrogen (secondary N) is 2. The van der Waals surface area contributed by atoms with Gasteiger partial charge in [0.1, 0.15) is 5.75 Å². The lowest BCUT2D eigenvalue weighted by atomic mass is 9.99. The van der Waals surface area contributed by atoms with Gasteiger partial charge in [0.25, 0.3) is 5.91 Å². The van der Waals surface area contributed by atoms with Crippen LogP contribution in [0.3, 0.4) is 0 Å². The minimum Gasteiger partial charge on any atom is -0.507 e. The monoisotopic (exact) mass is 493 g/mol. The van der Waals surface area contributed by atoms with E-state index in [0.717, 1.165) is 40.6 Å². The highest BCUT2D eigenvalue weighted by Gasteiger charge is 2.26. The van der Waals surface area contributed by atoms with Gasteiger partial charge in [0.05, 0.1) is 16.8 Å². The molecule has 1 aliphatic rings. The summed E-state index contributed by atoms with van der Waals surface area (Å²) in [7, 11) is 0. The number of pyridine rings is 1. The van der Waals surface area contributed by atoms with Crippen molar-refractivity contribution in [2.24, 2.45) is 0 Å². The third-order valence-corrected chi connectivity index (χ3v) is 7.02. The molecule has 0 atom stereocenters. The van der Waals surface area contributed by atoms with Gasteiger partial charge < -0.3 is 10.4 Å². The Hall–Kier alpha value is -4.53. The topological polar surface area (TPSA) is 122 Å². The second-order valence-corrected chi connectivity index (χ2v) is 9.34. The molecular formula is C28H27N7O2. The molecule has 6 rings (SSSR count). The summed E-state index contributed by atoms with van der Waals surface area (Å²) in [6.45, 7) is 2.31. The van der Waals surface area contributed by atoms with Crippen molar-refractivity contribution in [2.45, 2.75) is 38.5 Å². The fraction of sp³-hybridized carbons (Fsp3) is 0.250. The number of phenolic OH excluding ortho intramolecular Hbond substituents is 1. The number of aromatic hydroxyl groups is 1. The number of phenols is 1. The van der Waals surface area contributed by atoms with Gasteiger partial charge in [0, 0.05) is 42.0 Å². The van der Waals surface area contributed by atoms with E-state index in [1.54, 1.807) is 23.0 Å². The second-order valence-electron chi connectivity index (χ2n) is 9.34. The van der Waals surface area contributed by atoms with Crippen molar-refractivity contribution < 1.29 is 9.90 Å². The number of aromatic amines is 1. The van der Waals surface area contributed by atoms with E-state index in [9.17, 15) is 9.90 Å². The van der Waals surface area contributed by atoms with Crippen molar-refractivity contribution in [3.63, 3.8) is 0 Å². The Labute approximate surface area is 213 Å². The first-order valence-corrected chi connectivity index (χ1v) is 12.6. The predicted octanol–water partition coefficient (Wildman–Crippen LogP) is 4.99. The molecule has 37 heavy (non-hydrogen) atoms. The lowest BCUT2D eigenvalue weighted by molar-refractivity contribution is 0.0943. The van der Waals surface area contributed by atoms with Crippen LogP contribution in [0.2, 0.25) is 0 Å². The van der Waals surface area contributed by atoms with E-state index in [0.29, 0.717) is 29.5 Å². The molecule has 0 saturated heterocycles. The molecule has 9 nitrogen and oxygen atoms in total. The summed E-state index contributed by atoms with van der Waals surface area (Å²) in [6, 6.07) is 15.2. The number of benzene rings is 2. The first kappa shape index (κ1) is 22.9. The van der Waals surface area contributed by atoms with E-state index in [1.165, 1.54) is 12.8 Å². The molecule has 1 fully saturated rings. The van der Waals surface area contributed by atoms with Gasteiger partial charge in [0.2, 0.25) is 5.82 Å². The molecule has 2 aromatic carbocycles. The first-order valence-electron chi connectivity index (χ1n) is 12.6. The molecule has 0 spiro atoms. The summed E-state index contributed by atoms with van der Waals surface area (Å²) in [5.74, 6) is 0.627. The second kappa shape index (κ2) is 9.50. The molecule has 1 amide bonds. The molecule has 0 aliphatic heterocycles. The summed E-state index contributed by atoms with van der Waals surface area (Å²) in [5.41, 5.74) is 4.98. The molecule has 0 unspecified atom stereocenters. The Morgan fingerprint density at radius 3 is 2.65 bits per heavy atom. The average Bonchev–Trinajstić information content (AvgIpc) is 3.68. The first-order chi connectivity index (χ1) is 18.1. The number of nitrogens with zero attached hydrogens (tertiary/aromatic N) is 5. The van der Waals surface area contributed by atoms with Crippen molar-refractivity contribution >= 4 is 16.8 Å². The summed E-state index contributed by atoms with van der Waals surface area (Å²) in [5, 5.41) is 31.1. The van der Waals surface area contributed by atoms with Crippen LogP contribution in [0, 0.1) is 0 Å². The van der Waals surface area contributed by atoms with Gasteiger partial charge in [-0.15, -0.1) is 10.2 Å². The number of hydrogen-bond acceptors (Lipinski definition) is 6. The zero-order valence-corrected chi connectivity index (χ0v) is 20.5. The molecular weight excluding hydrogens is 466 g/mol. The fourth-order valence-corrected chi connectivity index (χ4v) is 5.19. The molecule has 1 saturated carbocycles. The number of carbonyl (C=O) groups excluding carboxylic acids is 1. The highest BCUT2D eigenvalue weighted by atomic mass is 16.3. The van der Waals surface area contributed by atoms with E-state index in [4.69, 9.17) is 0 Å². The van der Waals surface area contributed by atoms with Gasteiger partial charge in [-0.25, -0.2) is 0 Å². The molecule has 5 aromatic rings. The van der Waals surface area contributed by atoms with Gasteiger partial charge in [-0.05, 0) is 55.2 Å². The molecule has 3 N–H and O–H groups in total. The van der Waals surface area contributed by atoms with Gasteiger partial charge in [-0.1, -0.05) is 31.0 Å². The number of H-pyrrole nitrogens is 1. The van der Waals surface area contributed by atoms with Gasteiger partial charge in [-0.3, -0.25) is 19.4 Å². The molecule has 0 bridgehead atoms. The van der Waals surface area contributed by atoms with Crippen LogP contribution in [-0.2, 0) is 0 Å². The lowest BCUT2D eigenvalue weighted by Gasteiger charge is -2.13. The van der Waals surface area contributed by atoms with Crippen LogP contribution >= 0.6 is 0 Å². The van der Waals surface area contributed by atoms with Crippen molar-refractivity contribution in [2.75, 3.05) is 6.54 Å². The molecule has 1 aliphatic carbocycles. The SMILES string of the molecule is CCNC(=O)c1nnc(-c2cc3c(C4CCCC4)n[nH]c3cc2O)n1-c1ccc(-c2cccnc2)cc1. The van der Waals surface area contributed by atoms with Crippen molar-refractivity contribution in [3.05, 3.63) is 72.4 Å². The van der Waals surface area contributed by atoms with Crippen LogP contribution in [0.5, 0.6) is 5.75 Å². The number of hydrogen-bond donors (Lipinski definition) is 3. The van der Waals surface area contributed by atoms with Crippen LogP contribution in [0.1, 0.15) is 54.8 Å². The zero-order chi connectivity index (χ0) is 25.4. The highest BCUT2D eigenvalue weighted by molar-refractivity contribution is 5.93. The summed E-state index contributed by atoms with van der Waals surface area (Å²) >= 11 is 0. The zero-order valence-electron chi connectivity index (χ0n) is 20.5. The van der Waals surface area contributed by atoms with E-state index in [1.807, 2.05) is 49.4 Å². The van der Waals surface area contributed by atoms with Gasteiger partial charge >= 0.3 is 0 Å². The predicted molar refractivity (Wildman–Crippen MR) is 141 cm³/mol. The largest absolute Gasteiger partial charge is 0.507 e. The maximum Gasteiger partial charge on any atom is 0.289 e. The molecule has 3 aromatic heterocycles. The average molecular weight is 494 g/mol. The summed E-state index contributed by atoms with van der Waals surface area (Å²) in [6.07, 6.45) is 8.15. The number of carbonyl (C=O) groups is 1. The van der Waals surface area contributed by atoms with Crippen LogP contribution < -0.4 is 5.32 Å². The third-order valence-electron chi connectivity index (χ3n) is 7.02. The van der Waals surface area contributed by atoms with Crippen LogP contribution in [-0.4, -0.2) is 47.5 Å². The van der Waals surface area contributed by atoms with Crippen LogP contribution in [0.15, 0.2) is 60.9 Å². The highest BCUT2D eigenvalue weighted by Crippen LogP contribution is 2.40. The van der Waals surface area contributed by atoms with Gasteiger partial charge in [-0.2, -0.15) is 5.10 Å². The normalized spacial score (nSPS) is 13.9. The van der Waals surface area contributed by atoms with Crippen molar-refractivity contribution in [3.8, 4) is 34.0 Å². The quantitative estimate of drug-likeness (QED) is 0.307. The molecule has 0 radical (unpaired) electrons. The Morgan fingerprint density at radius 2 is 1.92 bits per heavy atom. The standard InChI is InChI=1S/C28H27N7O2/c1-2-30-28(37)27-34-33-26(35(27)20-11-9-17(10-12-20)19-8-5-13-29-16-19)22-14-21-23(15-24(22)36)31-32-25(21)18-6-3-4-7-18/h5,8-16,18,36H,2-4,6-7H2,1H3,(H,30,37)(H,31,32). The number of aromatic nitrogens is 6. The Morgan fingerprint density at radius 1 is 1.11 bits per heavy atom. The number of amides is 1. The molecule has 3 heterocycles. The number of rotatable bonds is 6. The van der Waals surface area contributed by atoms with E-state index in [2.05, 4.69) is 30.7 Å². The lowest BCUT2D eigenvalue weighted by Crippen LogP contribution is -2.26. The summed E-state index contributed by atoms with van der Waals surface area (Å²) < 4.78 is 1.69. The Bertz CT molecular complexity index is 1570. The van der Waals surface area contributed by atoms with Crippen molar-refractivity contribution in [1.29, 1.82) is 0 Å². The van der Waals surface area contributed by atoms with E-state index in [-0.39, 0.29) is 17.5 Å². The summed E-state index contributed by atoms with van der Waals surface area (Å²) in [4.78, 5) is 17.1. The number of fused-ring (bicyclic) bond motifs is 1. The Balaban J connectivity index is 1.49. The molecule has 9 heteroatoms. The minimum atomic E-state index is -0.340. The van der Waals surface area contributed by atoms with Gasteiger partial charge in [0.15, 0.2) is 5.82 Å². The molecule has 186 valence electrons. The Kier molecular flexibility index (Phi) is 5.88. The van der Waals surface area contributed by atoms with E-state index < -0.39 is 0 Å². The smallest absolute Gasteiger partial charge is 0.289 e.